The van der Waals surface area contributed by atoms with Crippen molar-refractivity contribution in [2.45, 2.75) is 40.5 Å². The Balaban J connectivity index is 3.34. The predicted molar refractivity (Wildman–Crippen MR) is 78.7 cm³/mol. The van der Waals surface area contributed by atoms with Gasteiger partial charge in [-0.05, 0) is 43.9 Å². The maximum atomic E-state index is 5.73. The lowest BCUT2D eigenvalue weighted by atomic mass is 9.99. The van der Waals surface area contributed by atoms with Gasteiger partial charge >= 0.3 is 0 Å². The van der Waals surface area contributed by atoms with Crippen LogP contribution in [0, 0.1) is 0 Å². The second kappa shape index (κ2) is 6.75. The molecule has 0 spiro atoms. The monoisotopic (exact) mass is 250 g/mol. The van der Waals surface area contributed by atoms with Gasteiger partial charge in [0.15, 0.2) is 0 Å². The van der Waals surface area contributed by atoms with E-state index in [9.17, 15) is 0 Å². The third-order valence-electron chi connectivity index (χ3n) is 2.65. The molecule has 0 aliphatic rings. The van der Waals surface area contributed by atoms with Gasteiger partial charge in [0.25, 0.3) is 0 Å². The van der Waals surface area contributed by atoms with Crippen molar-refractivity contribution in [3.8, 4) is 5.75 Å². The minimum absolute atomic E-state index is 1.01. The van der Waals surface area contributed by atoms with Crippen molar-refractivity contribution in [2.24, 2.45) is 0 Å². The summed E-state index contributed by atoms with van der Waals surface area (Å²) >= 11 is 1.41. The predicted octanol–water partition coefficient (Wildman–Crippen LogP) is 4.89. The van der Waals surface area contributed by atoms with Gasteiger partial charge in [-0.3, -0.25) is 0 Å². The van der Waals surface area contributed by atoms with Gasteiger partial charge in [-0.25, -0.2) is 0 Å². The van der Waals surface area contributed by atoms with Crippen LogP contribution in [0.1, 0.15) is 44.4 Å². The molecule has 1 aromatic carbocycles. The molecule has 0 saturated carbocycles. The molecule has 0 unspecified atom stereocenters. The maximum Gasteiger partial charge on any atom is 0.147 e. The Morgan fingerprint density at radius 3 is 2.41 bits per heavy atom. The van der Waals surface area contributed by atoms with E-state index in [1.54, 1.807) is 0 Å². The number of hydrogen-bond acceptors (Lipinski definition) is 2. The molecule has 0 aliphatic heterocycles. The number of aryl methyl sites for hydroxylation is 2. The molecule has 0 fully saturated rings. The molecular weight excluding hydrogens is 228 g/mol. The van der Waals surface area contributed by atoms with E-state index >= 15 is 0 Å². The first kappa shape index (κ1) is 14.2. The highest BCUT2D eigenvalue weighted by Crippen LogP contribution is 2.31. The summed E-state index contributed by atoms with van der Waals surface area (Å²) in [5.74, 6) is 1.03. The molecule has 2 heteroatoms. The number of allylic oxidation sites excluding steroid dienone is 1. The quantitative estimate of drug-likeness (QED) is 0.688. The van der Waals surface area contributed by atoms with Crippen molar-refractivity contribution in [2.75, 3.05) is 6.26 Å². The first-order valence-corrected chi connectivity index (χ1v) is 7.28. The Kier molecular flexibility index (Phi) is 5.63. The SMILES string of the molecule is CCc1cc(C=C(C)C)c(OSC)c(CC)c1. The minimum atomic E-state index is 1.01. The van der Waals surface area contributed by atoms with Gasteiger partial charge in [0.2, 0.25) is 0 Å². The van der Waals surface area contributed by atoms with Crippen LogP contribution >= 0.6 is 12.0 Å². The molecule has 94 valence electrons. The summed E-state index contributed by atoms with van der Waals surface area (Å²) in [6.07, 6.45) is 6.23. The van der Waals surface area contributed by atoms with E-state index in [0.717, 1.165) is 18.6 Å². The second-order valence-electron chi connectivity index (χ2n) is 4.35. The Morgan fingerprint density at radius 1 is 1.24 bits per heavy atom. The van der Waals surface area contributed by atoms with Crippen molar-refractivity contribution < 1.29 is 4.18 Å². The van der Waals surface area contributed by atoms with Crippen LogP contribution in [0.5, 0.6) is 5.75 Å². The lowest BCUT2D eigenvalue weighted by molar-refractivity contribution is 0.636. The lowest BCUT2D eigenvalue weighted by Crippen LogP contribution is -1.95. The zero-order chi connectivity index (χ0) is 12.8. The van der Waals surface area contributed by atoms with E-state index in [-0.39, 0.29) is 0 Å². The molecule has 0 saturated heterocycles. The van der Waals surface area contributed by atoms with Crippen molar-refractivity contribution in [3.05, 3.63) is 34.4 Å². The Labute approximate surface area is 109 Å². The van der Waals surface area contributed by atoms with E-state index < -0.39 is 0 Å². The normalized spacial score (nSPS) is 10.2. The van der Waals surface area contributed by atoms with Gasteiger partial charge in [0.1, 0.15) is 5.75 Å². The van der Waals surface area contributed by atoms with Crippen LogP contribution in [0.3, 0.4) is 0 Å². The molecule has 0 aromatic heterocycles. The molecular formula is C15H22OS. The first-order valence-electron chi connectivity index (χ1n) is 6.13. The molecule has 1 rings (SSSR count). The highest BCUT2D eigenvalue weighted by Gasteiger charge is 2.09. The fourth-order valence-corrected chi connectivity index (χ4v) is 2.22. The van der Waals surface area contributed by atoms with E-state index in [4.69, 9.17) is 4.18 Å². The van der Waals surface area contributed by atoms with Gasteiger partial charge < -0.3 is 4.18 Å². The van der Waals surface area contributed by atoms with Gasteiger partial charge in [0.05, 0.1) is 12.0 Å². The summed E-state index contributed by atoms with van der Waals surface area (Å²) in [7, 11) is 0. The van der Waals surface area contributed by atoms with E-state index in [1.807, 2.05) is 6.26 Å². The van der Waals surface area contributed by atoms with Crippen LogP contribution in [-0.2, 0) is 12.8 Å². The van der Waals surface area contributed by atoms with Crippen LogP contribution in [0.25, 0.3) is 6.08 Å². The fourth-order valence-electron chi connectivity index (χ4n) is 1.85. The lowest BCUT2D eigenvalue weighted by Gasteiger charge is -2.13. The molecule has 1 nitrogen and oxygen atoms in total. The van der Waals surface area contributed by atoms with E-state index in [1.165, 1.54) is 34.3 Å². The third-order valence-corrected chi connectivity index (χ3v) is 2.99. The van der Waals surface area contributed by atoms with Gasteiger partial charge in [-0.15, -0.1) is 0 Å². The third kappa shape index (κ3) is 3.81. The number of benzene rings is 1. The minimum Gasteiger partial charge on any atom is -0.425 e. The highest BCUT2D eigenvalue weighted by atomic mass is 32.2. The van der Waals surface area contributed by atoms with E-state index in [2.05, 4.69) is 45.9 Å². The summed E-state index contributed by atoms with van der Waals surface area (Å²) in [5.41, 5.74) is 5.18. The van der Waals surface area contributed by atoms with Crippen molar-refractivity contribution >= 4 is 18.1 Å². The Morgan fingerprint density at radius 2 is 1.94 bits per heavy atom. The van der Waals surface area contributed by atoms with Crippen LogP contribution in [0.15, 0.2) is 17.7 Å². The largest absolute Gasteiger partial charge is 0.425 e. The molecule has 0 N–H and O–H groups in total. The zero-order valence-corrected chi connectivity index (χ0v) is 12.3. The molecule has 17 heavy (non-hydrogen) atoms. The van der Waals surface area contributed by atoms with Crippen molar-refractivity contribution in [1.82, 2.24) is 0 Å². The summed E-state index contributed by atoms with van der Waals surface area (Å²) < 4.78 is 5.73. The van der Waals surface area contributed by atoms with Gasteiger partial charge in [-0.1, -0.05) is 31.6 Å². The van der Waals surface area contributed by atoms with Crippen LogP contribution < -0.4 is 4.18 Å². The Bertz CT molecular complexity index is 404. The van der Waals surface area contributed by atoms with E-state index in [0.29, 0.717) is 0 Å². The van der Waals surface area contributed by atoms with Crippen molar-refractivity contribution in [1.29, 1.82) is 0 Å². The summed E-state index contributed by atoms with van der Waals surface area (Å²) in [5, 5.41) is 0. The fraction of sp³-hybridized carbons (Fsp3) is 0.467. The summed E-state index contributed by atoms with van der Waals surface area (Å²) in [6, 6.07) is 4.49. The Hall–Kier alpha value is -0.890. The first-order chi connectivity index (χ1) is 8.12. The molecule has 0 radical (unpaired) electrons. The molecule has 0 aliphatic carbocycles. The highest BCUT2D eigenvalue weighted by molar-refractivity contribution is 7.94. The van der Waals surface area contributed by atoms with Crippen molar-refractivity contribution in [3.63, 3.8) is 0 Å². The topological polar surface area (TPSA) is 9.23 Å². The molecule has 0 amide bonds. The molecule has 0 atom stereocenters. The summed E-state index contributed by atoms with van der Waals surface area (Å²) in [4.78, 5) is 0. The van der Waals surface area contributed by atoms with Crippen LogP contribution in [-0.4, -0.2) is 6.26 Å². The molecule has 1 aromatic rings. The maximum absolute atomic E-state index is 5.73. The average molecular weight is 250 g/mol. The molecule has 0 bridgehead atoms. The van der Waals surface area contributed by atoms with Gasteiger partial charge in [-0.2, -0.15) is 0 Å². The van der Waals surface area contributed by atoms with Crippen LogP contribution in [0.2, 0.25) is 0 Å². The number of rotatable bonds is 5. The smallest absolute Gasteiger partial charge is 0.147 e. The second-order valence-corrected chi connectivity index (χ2v) is 4.85. The van der Waals surface area contributed by atoms with Crippen LogP contribution in [0.4, 0.5) is 0 Å². The standard InChI is InChI=1S/C15H22OS/c1-6-12-9-13(7-2)15(16-17-5)14(10-12)8-11(3)4/h8-10H,6-7H2,1-5H3. The zero-order valence-electron chi connectivity index (χ0n) is 11.5. The summed E-state index contributed by atoms with van der Waals surface area (Å²) in [6.45, 7) is 8.60. The molecule has 0 heterocycles. The van der Waals surface area contributed by atoms with Gasteiger partial charge in [0, 0.05) is 11.8 Å². The average Bonchev–Trinajstić information content (AvgIpc) is 2.30. The number of hydrogen-bond donors (Lipinski definition) is 0.